The van der Waals surface area contributed by atoms with Crippen LogP contribution in [0.2, 0.25) is 5.02 Å². The predicted octanol–water partition coefficient (Wildman–Crippen LogP) is 6.15. The Morgan fingerprint density at radius 3 is 2.62 bits per heavy atom. The minimum absolute atomic E-state index is 0.103. The number of benzene rings is 1. The van der Waals surface area contributed by atoms with E-state index < -0.39 is 17.9 Å². The third-order valence-corrected chi connectivity index (χ3v) is 5.58. The van der Waals surface area contributed by atoms with Crippen molar-refractivity contribution < 1.29 is 17.6 Å². The standard InChI is InChI=1S/C15H16BrClF4/c16-12(8-11-13(17)5-2-6-14(11)18)9-3-1-4-10(7-9)15(19,20)21/h2,5-6,9-10,12H,1,3-4,7-8H2. The number of halogens is 6. The second kappa shape index (κ2) is 6.86. The SMILES string of the molecule is Fc1cccc(Cl)c1CC(Br)C1CCCC(C(F)(F)F)C1. The maximum atomic E-state index is 13.8. The molecule has 2 rings (SSSR count). The van der Waals surface area contributed by atoms with Crippen LogP contribution in [0.15, 0.2) is 18.2 Å². The average Bonchev–Trinajstić information content (AvgIpc) is 2.42. The highest BCUT2D eigenvalue weighted by Crippen LogP contribution is 2.43. The zero-order valence-corrected chi connectivity index (χ0v) is 13.6. The molecule has 118 valence electrons. The highest BCUT2D eigenvalue weighted by atomic mass is 79.9. The van der Waals surface area contributed by atoms with Crippen molar-refractivity contribution in [3.8, 4) is 0 Å². The summed E-state index contributed by atoms with van der Waals surface area (Å²) >= 11 is 9.42. The van der Waals surface area contributed by atoms with E-state index in [4.69, 9.17) is 11.6 Å². The molecule has 0 aromatic heterocycles. The molecule has 0 nitrogen and oxygen atoms in total. The molecular formula is C15H16BrClF4. The van der Waals surface area contributed by atoms with Crippen LogP contribution in [-0.2, 0) is 6.42 Å². The number of alkyl halides is 4. The van der Waals surface area contributed by atoms with E-state index in [1.807, 2.05) is 0 Å². The lowest BCUT2D eigenvalue weighted by Crippen LogP contribution is -2.32. The molecule has 0 spiro atoms. The predicted molar refractivity (Wildman–Crippen MR) is 79.3 cm³/mol. The van der Waals surface area contributed by atoms with Crippen LogP contribution >= 0.6 is 27.5 Å². The minimum atomic E-state index is -4.14. The number of hydrogen-bond donors (Lipinski definition) is 0. The zero-order chi connectivity index (χ0) is 15.6. The molecule has 1 fully saturated rings. The molecule has 0 radical (unpaired) electrons. The van der Waals surface area contributed by atoms with Crippen molar-refractivity contribution in [2.24, 2.45) is 11.8 Å². The lowest BCUT2D eigenvalue weighted by Gasteiger charge is -2.33. The van der Waals surface area contributed by atoms with Gasteiger partial charge in [0.1, 0.15) is 5.82 Å². The zero-order valence-electron chi connectivity index (χ0n) is 11.3. The summed E-state index contributed by atoms with van der Waals surface area (Å²) in [7, 11) is 0. The van der Waals surface area contributed by atoms with Crippen molar-refractivity contribution in [1.82, 2.24) is 0 Å². The van der Waals surface area contributed by atoms with Crippen LogP contribution in [-0.4, -0.2) is 11.0 Å². The van der Waals surface area contributed by atoms with Crippen LogP contribution in [0.25, 0.3) is 0 Å². The average molecular weight is 388 g/mol. The van der Waals surface area contributed by atoms with E-state index in [-0.39, 0.29) is 23.6 Å². The van der Waals surface area contributed by atoms with Gasteiger partial charge in [0.15, 0.2) is 0 Å². The van der Waals surface area contributed by atoms with E-state index in [0.717, 1.165) is 6.42 Å². The molecule has 0 heterocycles. The van der Waals surface area contributed by atoms with E-state index in [1.54, 1.807) is 6.07 Å². The summed E-state index contributed by atoms with van der Waals surface area (Å²) in [6.45, 7) is 0. The van der Waals surface area contributed by atoms with Crippen molar-refractivity contribution in [2.75, 3.05) is 0 Å². The lowest BCUT2D eigenvalue weighted by molar-refractivity contribution is -0.185. The first-order chi connectivity index (χ1) is 9.79. The van der Waals surface area contributed by atoms with E-state index in [0.29, 0.717) is 23.4 Å². The fraction of sp³-hybridized carbons (Fsp3) is 0.600. The fourth-order valence-electron chi connectivity index (χ4n) is 2.94. The summed E-state index contributed by atoms with van der Waals surface area (Å²) in [5, 5.41) is 0.322. The molecule has 6 heteroatoms. The summed E-state index contributed by atoms with van der Waals surface area (Å²) in [4.78, 5) is -0.197. The van der Waals surface area contributed by atoms with E-state index >= 15 is 0 Å². The largest absolute Gasteiger partial charge is 0.391 e. The quantitative estimate of drug-likeness (QED) is 0.431. The molecule has 1 saturated carbocycles. The van der Waals surface area contributed by atoms with Crippen molar-refractivity contribution in [1.29, 1.82) is 0 Å². The molecule has 0 saturated heterocycles. The van der Waals surface area contributed by atoms with Gasteiger partial charge in [-0.05, 0) is 43.7 Å². The maximum Gasteiger partial charge on any atom is 0.391 e. The highest BCUT2D eigenvalue weighted by molar-refractivity contribution is 9.09. The van der Waals surface area contributed by atoms with E-state index in [2.05, 4.69) is 15.9 Å². The Morgan fingerprint density at radius 2 is 2.00 bits per heavy atom. The van der Waals surface area contributed by atoms with Crippen LogP contribution in [0, 0.1) is 17.7 Å². The van der Waals surface area contributed by atoms with Crippen LogP contribution in [0.5, 0.6) is 0 Å². The van der Waals surface area contributed by atoms with Gasteiger partial charge in [0.25, 0.3) is 0 Å². The highest BCUT2D eigenvalue weighted by Gasteiger charge is 2.43. The first kappa shape index (κ1) is 17.1. The second-order valence-electron chi connectivity index (χ2n) is 5.59. The minimum Gasteiger partial charge on any atom is -0.207 e. The molecule has 0 N–H and O–H groups in total. The van der Waals surface area contributed by atoms with Gasteiger partial charge in [0.2, 0.25) is 0 Å². The van der Waals surface area contributed by atoms with Gasteiger partial charge in [-0.1, -0.05) is 40.0 Å². The molecule has 1 aromatic rings. The normalized spacial score (nSPS) is 24.9. The lowest BCUT2D eigenvalue weighted by atomic mass is 9.78. The topological polar surface area (TPSA) is 0 Å². The van der Waals surface area contributed by atoms with Gasteiger partial charge in [0.05, 0.1) is 5.92 Å². The van der Waals surface area contributed by atoms with E-state index in [9.17, 15) is 17.6 Å². The third kappa shape index (κ3) is 4.35. The summed E-state index contributed by atoms with van der Waals surface area (Å²) in [6.07, 6.45) is -2.25. The van der Waals surface area contributed by atoms with Gasteiger partial charge in [-0.15, -0.1) is 0 Å². The van der Waals surface area contributed by atoms with Crippen LogP contribution in [0.3, 0.4) is 0 Å². The van der Waals surface area contributed by atoms with Gasteiger partial charge in [-0.3, -0.25) is 0 Å². The summed E-state index contributed by atoms with van der Waals surface area (Å²) in [5.41, 5.74) is 0.371. The molecule has 3 unspecified atom stereocenters. The molecule has 0 bridgehead atoms. The third-order valence-electron chi connectivity index (χ3n) is 4.15. The first-order valence-corrected chi connectivity index (χ1v) is 8.22. The van der Waals surface area contributed by atoms with E-state index in [1.165, 1.54) is 12.1 Å². The summed E-state index contributed by atoms with van der Waals surface area (Å²) < 4.78 is 52.3. The number of rotatable bonds is 3. The molecule has 1 aliphatic rings. The van der Waals surface area contributed by atoms with Gasteiger partial charge in [-0.2, -0.15) is 13.2 Å². The molecule has 0 aliphatic heterocycles. The van der Waals surface area contributed by atoms with Gasteiger partial charge in [-0.25, -0.2) is 4.39 Å². The molecule has 3 atom stereocenters. The van der Waals surface area contributed by atoms with Crippen molar-refractivity contribution in [3.63, 3.8) is 0 Å². The first-order valence-electron chi connectivity index (χ1n) is 6.92. The number of hydrogen-bond acceptors (Lipinski definition) is 0. The Morgan fingerprint density at radius 1 is 1.29 bits per heavy atom. The van der Waals surface area contributed by atoms with Crippen molar-refractivity contribution in [3.05, 3.63) is 34.6 Å². The molecule has 21 heavy (non-hydrogen) atoms. The summed E-state index contributed by atoms with van der Waals surface area (Å²) in [6, 6.07) is 4.43. The van der Waals surface area contributed by atoms with Gasteiger partial charge in [0, 0.05) is 15.4 Å². The fourth-order valence-corrected chi connectivity index (χ4v) is 3.99. The molecular weight excluding hydrogens is 372 g/mol. The van der Waals surface area contributed by atoms with Crippen LogP contribution in [0.1, 0.15) is 31.2 Å². The van der Waals surface area contributed by atoms with Gasteiger partial charge < -0.3 is 0 Å². The molecule has 1 aliphatic carbocycles. The summed E-state index contributed by atoms with van der Waals surface area (Å²) in [5.74, 6) is -1.76. The Bertz CT molecular complexity index is 469. The Balaban J connectivity index is 2.05. The van der Waals surface area contributed by atoms with Gasteiger partial charge >= 0.3 is 6.18 Å². The Hall–Kier alpha value is -0.290. The second-order valence-corrected chi connectivity index (χ2v) is 7.17. The van der Waals surface area contributed by atoms with Crippen molar-refractivity contribution >= 4 is 27.5 Å². The van der Waals surface area contributed by atoms with Crippen molar-refractivity contribution in [2.45, 2.75) is 43.1 Å². The Labute approximate surface area is 135 Å². The monoisotopic (exact) mass is 386 g/mol. The molecule has 1 aromatic carbocycles. The van der Waals surface area contributed by atoms with Crippen LogP contribution < -0.4 is 0 Å². The van der Waals surface area contributed by atoms with Crippen LogP contribution in [0.4, 0.5) is 17.6 Å². The smallest absolute Gasteiger partial charge is 0.207 e. The maximum absolute atomic E-state index is 13.8. The Kier molecular flexibility index (Phi) is 5.58. The molecule has 0 amide bonds.